The standard InChI is InChI=1S/C19H26ClN/c1-17-7-13-8-18(2,10-17)12-19(9-13,11-17)16(21)14-5-3-4-6-15(14)20/h3-6,13,16H,7-12,21H2,1-2H3. The molecule has 1 aromatic rings. The van der Waals surface area contributed by atoms with E-state index in [4.69, 9.17) is 17.3 Å². The average molecular weight is 304 g/mol. The molecular weight excluding hydrogens is 278 g/mol. The summed E-state index contributed by atoms with van der Waals surface area (Å²) in [6.45, 7) is 5.01. The molecule has 0 aromatic heterocycles. The molecule has 0 heterocycles. The fourth-order valence-electron chi connectivity index (χ4n) is 6.94. The molecule has 3 unspecified atom stereocenters. The molecule has 21 heavy (non-hydrogen) atoms. The number of halogens is 1. The summed E-state index contributed by atoms with van der Waals surface area (Å²) in [7, 11) is 0. The van der Waals surface area contributed by atoms with Gasteiger partial charge in [0, 0.05) is 11.1 Å². The highest BCUT2D eigenvalue weighted by atomic mass is 35.5. The summed E-state index contributed by atoms with van der Waals surface area (Å²) in [5.41, 5.74) is 9.27. The molecule has 114 valence electrons. The third-order valence-electron chi connectivity index (χ3n) is 6.57. The summed E-state index contributed by atoms with van der Waals surface area (Å²) >= 11 is 6.45. The number of hydrogen-bond donors (Lipinski definition) is 1. The summed E-state index contributed by atoms with van der Waals surface area (Å²) in [5, 5.41) is 0.844. The van der Waals surface area contributed by atoms with Crippen LogP contribution >= 0.6 is 11.6 Å². The van der Waals surface area contributed by atoms with E-state index in [0.717, 1.165) is 16.5 Å². The van der Waals surface area contributed by atoms with Crippen LogP contribution in [0, 0.1) is 22.2 Å². The van der Waals surface area contributed by atoms with Gasteiger partial charge in [0.15, 0.2) is 0 Å². The largest absolute Gasteiger partial charge is 0.323 e. The topological polar surface area (TPSA) is 26.0 Å². The fourth-order valence-corrected chi connectivity index (χ4v) is 7.19. The van der Waals surface area contributed by atoms with E-state index in [1.54, 1.807) is 0 Å². The lowest BCUT2D eigenvalue weighted by atomic mass is 9.39. The molecule has 4 fully saturated rings. The third-order valence-corrected chi connectivity index (χ3v) is 6.91. The van der Waals surface area contributed by atoms with Crippen molar-refractivity contribution in [1.29, 1.82) is 0 Å². The first-order valence-corrected chi connectivity index (χ1v) is 8.71. The molecule has 0 radical (unpaired) electrons. The number of nitrogens with two attached hydrogens (primary N) is 1. The highest BCUT2D eigenvalue weighted by Gasteiger charge is 2.61. The summed E-state index contributed by atoms with van der Waals surface area (Å²) in [4.78, 5) is 0. The SMILES string of the molecule is CC12CC3CC(C)(C1)CC(C(N)c1ccccc1Cl)(C3)C2. The van der Waals surface area contributed by atoms with Gasteiger partial charge in [-0.1, -0.05) is 43.6 Å². The van der Waals surface area contributed by atoms with E-state index in [1.807, 2.05) is 12.1 Å². The number of benzene rings is 1. The van der Waals surface area contributed by atoms with Crippen LogP contribution in [0.25, 0.3) is 0 Å². The first-order valence-electron chi connectivity index (χ1n) is 8.33. The molecule has 1 aromatic carbocycles. The Bertz CT molecular complexity index is 563. The summed E-state index contributed by atoms with van der Waals surface area (Å²) in [6, 6.07) is 8.29. The smallest absolute Gasteiger partial charge is 0.0453 e. The van der Waals surface area contributed by atoms with Gasteiger partial charge in [-0.3, -0.25) is 0 Å². The van der Waals surface area contributed by atoms with Crippen LogP contribution in [0.3, 0.4) is 0 Å². The van der Waals surface area contributed by atoms with Gasteiger partial charge in [0.25, 0.3) is 0 Å². The molecule has 4 aliphatic carbocycles. The van der Waals surface area contributed by atoms with Crippen LogP contribution in [-0.2, 0) is 0 Å². The maximum Gasteiger partial charge on any atom is 0.0453 e. The molecule has 4 aliphatic rings. The van der Waals surface area contributed by atoms with E-state index in [0.29, 0.717) is 10.8 Å². The van der Waals surface area contributed by atoms with Crippen molar-refractivity contribution in [3.8, 4) is 0 Å². The van der Waals surface area contributed by atoms with Crippen molar-refractivity contribution in [2.75, 3.05) is 0 Å². The van der Waals surface area contributed by atoms with E-state index in [9.17, 15) is 0 Å². The molecule has 3 atom stereocenters. The molecular formula is C19H26ClN. The summed E-state index contributed by atoms with van der Waals surface area (Å²) < 4.78 is 0. The van der Waals surface area contributed by atoms with Gasteiger partial charge in [0.05, 0.1) is 0 Å². The van der Waals surface area contributed by atoms with Gasteiger partial charge < -0.3 is 5.73 Å². The summed E-state index contributed by atoms with van der Waals surface area (Å²) in [5.74, 6) is 0.879. The van der Waals surface area contributed by atoms with Gasteiger partial charge in [-0.2, -0.15) is 0 Å². The van der Waals surface area contributed by atoms with E-state index in [1.165, 1.54) is 38.5 Å². The van der Waals surface area contributed by atoms with Crippen LogP contribution in [0.15, 0.2) is 24.3 Å². The molecule has 4 bridgehead atoms. The Labute approximate surface area is 133 Å². The van der Waals surface area contributed by atoms with Crippen LogP contribution in [-0.4, -0.2) is 0 Å². The van der Waals surface area contributed by atoms with E-state index < -0.39 is 0 Å². The van der Waals surface area contributed by atoms with Crippen molar-refractivity contribution in [2.24, 2.45) is 27.9 Å². The van der Waals surface area contributed by atoms with Gasteiger partial charge in [-0.25, -0.2) is 0 Å². The Morgan fingerprint density at radius 3 is 2.24 bits per heavy atom. The number of rotatable bonds is 2. The van der Waals surface area contributed by atoms with Crippen LogP contribution in [0.4, 0.5) is 0 Å². The van der Waals surface area contributed by atoms with Crippen LogP contribution < -0.4 is 5.73 Å². The highest BCUT2D eigenvalue weighted by Crippen LogP contribution is 2.72. The van der Waals surface area contributed by atoms with Crippen molar-refractivity contribution >= 4 is 11.6 Å². The Morgan fingerprint density at radius 2 is 1.67 bits per heavy atom. The van der Waals surface area contributed by atoms with Crippen molar-refractivity contribution in [1.82, 2.24) is 0 Å². The van der Waals surface area contributed by atoms with Gasteiger partial charge in [-0.05, 0) is 72.3 Å². The molecule has 5 rings (SSSR count). The summed E-state index contributed by atoms with van der Waals surface area (Å²) in [6.07, 6.45) is 8.12. The maximum absolute atomic E-state index is 6.83. The quantitative estimate of drug-likeness (QED) is 0.784. The van der Waals surface area contributed by atoms with Crippen LogP contribution in [0.1, 0.15) is 64.0 Å². The fraction of sp³-hybridized carbons (Fsp3) is 0.684. The lowest BCUT2D eigenvalue weighted by Gasteiger charge is -2.67. The van der Waals surface area contributed by atoms with E-state index in [2.05, 4.69) is 26.0 Å². The minimum Gasteiger partial charge on any atom is -0.323 e. The normalized spacial score (nSPS) is 45.8. The molecule has 0 spiro atoms. The Morgan fingerprint density at radius 1 is 1.05 bits per heavy atom. The second-order valence-electron chi connectivity index (χ2n) is 8.99. The first kappa shape index (κ1) is 14.1. The van der Waals surface area contributed by atoms with Gasteiger partial charge in [-0.15, -0.1) is 0 Å². The van der Waals surface area contributed by atoms with Gasteiger partial charge in [0.1, 0.15) is 0 Å². The van der Waals surface area contributed by atoms with Crippen molar-refractivity contribution in [2.45, 2.75) is 58.4 Å². The second kappa shape index (κ2) is 4.26. The minimum atomic E-state index is 0.0910. The van der Waals surface area contributed by atoms with Crippen molar-refractivity contribution < 1.29 is 0 Å². The minimum absolute atomic E-state index is 0.0910. The zero-order valence-electron chi connectivity index (χ0n) is 13.2. The molecule has 0 aliphatic heterocycles. The molecule has 4 saturated carbocycles. The predicted octanol–water partition coefficient (Wildman–Crippen LogP) is 5.34. The second-order valence-corrected chi connectivity index (χ2v) is 9.40. The van der Waals surface area contributed by atoms with E-state index in [-0.39, 0.29) is 11.5 Å². The van der Waals surface area contributed by atoms with Gasteiger partial charge in [0.2, 0.25) is 0 Å². The van der Waals surface area contributed by atoms with Crippen molar-refractivity contribution in [3.63, 3.8) is 0 Å². The average Bonchev–Trinajstić information content (AvgIpc) is 2.34. The molecule has 1 nitrogen and oxygen atoms in total. The molecule has 2 heteroatoms. The Hall–Kier alpha value is -0.530. The molecule has 0 saturated heterocycles. The monoisotopic (exact) mass is 303 g/mol. The zero-order chi connectivity index (χ0) is 14.9. The predicted molar refractivity (Wildman–Crippen MR) is 88.2 cm³/mol. The third kappa shape index (κ3) is 2.08. The van der Waals surface area contributed by atoms with E-state index >= 15 is 0 Å². The van der Waals surface area contributed by atoms with Gasteiger partial charge >= 0.3 is 0 Å². The molecule has 0 amide bonds. The highest BCUT2D eigenvalue weighted by molar-refractivity contribution is 6.31. The zero-order valence-corrected chi connectivity index (χ0v) is 13.9. The van der Waals surface area contributed by atoms with Crippen molar-refractivity contribution in [3.05, 3.63) is 34.9 Å². The Kier molecular flexibility index (Phi) is 2.86. The lowest BCUT2D eigenvalue weighted by Crippen LogP contribution is -2.58. The Balaban J connectivity index is 1.76. The first-order chi connectivity index (χ1) is 9.83. The maximum atomic E-state index is 6.83. The van der Waals surface area contributed by atoms with Crippen LogP contribution in [0.2, 0.25) is 5.02 Å². The van der Waals surface area contributed by atoms with Crippen LogP contribution in [0.5, 0.6) is 0 Å². The molecule has 2 N–H and O–H groups in total. The number of hydrogen-bond acceptors (Lipinski definition) is 1. The lowest BCUT2D eigenvalue weighted by molar-refractivity contribution is -0.154.